The summed E-state index contributed by atoms with van der Waals surface area (Å²) in [5.41, 5.74) is 1.49. The van der Waals surface area contributed by atoms with Crippen molar-refractivity contribution in [3.8, 4) is 5.75 Å². The van der Waals surface area contributed by atoms with Crippen LogP contribution in [0.3, 0.4) is 0 Å². The molecule has 0 radical (unpaired) electrons. The van der Waals surface area contributed by atoms with E-state index in [1.807, 2.05) is 0 Å². The number of fused-ring (bicyclic) bond motifs is 1. The second-order valence-corrected chi connectivity index (χ2v) is 10.9. The van der Waals surface area contributed by atoms with E-state index in [1.165, 1.54) is 19.2 Å². The lowest BCUT2D eigenvalue weighted by Gasteiger charge is -2.21. The van der Waals surface area contributed by atoms with Crippen LogP contribution in [-0.4, -0.2) is 36.5 Å². The second-order valence-electron chi connectivity index (χ2n) is 6.14. The Kier molecular flexibility index (Phi) is 7.59. The van der Waals surface area contributed by atoms with Crippen molar-refractivity contribution in [1.82, 2.24) is 0 Å². The number of rotatable bonds is 5. The summed E-state index contributed by atoms with van der Waals surface area (Å²) >= 11 is 3.67. The van der Waals surface area contributed by atoms with Crippen LogP contribution in [0.1, 0.15) is 34.5 Å². The molecule has 1 amide bonds. The Bertz CT molecular complexity index is 1030. The number of amides is 1. The summed E-state index contributed by atoms with van der Waals surface area (Å²) in [4.78, 5) is 28.5. The lowest BCUT2D eigenvalue weighted by Crippen LogP contribution is -2.33. The van der Waals surface area contributed by atoms with Gasteiger partial charge in [0.1, 0.15) is 5.75 Å². The number of hydrogen-bond donors (Lipinski definition) is 4. The standard InChI is InChI=1S/C11H9BrF2NO4PS.C4H9NO2S/c1-19-6-3-4(10(15)16)2-5-7(12)9(21-8(5)6)11(13,14)20(17)18;5-8(6,7)4-2-1-3-4/h2-3,17-18H,1H3,(H2,15,16);4H,1-3H2,(H2,5,6,7). The van der Waals surface area contributed by atoms with Crippen LogP contribution in [0.25, 0.3) is 10.1 Å². The molecule has 0 spiro atoms. The smallest absolute Gasteiger partial charge is 0.349 e. The highest BCUT2D eigenvalue weighted by molar-refractivity contribution is 9.10. The van der Waals surface area contributed by atoms with Crippen molar-refractivity contribution in [1.29, 1.82) is 0 Å². The molecule has 0 saturated heterocycles. The maximum Gasteiger partial charge on any atom is 0.349 e. The molecule has 162 valence electrons. The number of carbonyl (C=O) groups is 1. The largest absolute Gasteiger partial charge is 0.495 e. The fourth-order valence-corrected chi connectivity index (χ4v) is 6.21. The number of ether oxygens (including phenoxy) is 1. The Labute approximate surface area is 178 Å². The van der Waals surface area contributed by atoms with Gasteiger partial charge < -0.3 is 20.3 Å². The summed E-state index contributed by atoms with van der Waals surface area (Å²) in [6.45, 7) is 0. The van der Waals surface area contributed by atoms with E-state index in [0.29, 0.717) is 21.4 Å². The quantitative estimate of drug-likeness (QED) is 0.432. The fourth-order valence-electron chi connectivity index (χ4n) is 2.42. The number of halogens is 3. The molecule has 1 fully saturated rings. The molecule has 8 nitrogen and oxygen atoms in total. The maximum atomic E-state index is 13.8. The van der Waals surface area contributed by atoms with E-state index in [2.05, 4.69) is 15.9 Å². The average molecular weight is 535 g/mol. The first-order chi connectivity index (χ1) is 13.3. The number of nitrogens with two attached hydrogens (primary N) is 2. The molecule has 1 aromatic carbocycles. The molecule has 1 aliphatic rings. The van der Waals surface area contributed by atoms with Gasteiger partial charge in [-0.05, 0) is 40.9 Å². The minimum absolute atomic E-state index is 0.0236. The van der Waals surface area contributed by atoms with Gasteiger partial charge in [0.25, 0.3) is 0 Å². The molecule has 0 bridgehead atoms. The lowest BCUT2D eigenvalue weighted by molar-refractivity contribution is 0.0766. The van der Waals surface area contributed by atoms with Crippen LogP contribution in [0, 0.1) is 0 Å². The van der Waals surface area contributed by atoms with Crippen LogP contribution in [-0.2, 0) is 15.7 Å². The zero-order valence-corrected chi connectivity index (χ0v) is 19.0. The van der Waals surface area contributed by atoms with E-state index < -0.39 is 34.8 Å². The number of benzene rings is 1. The molecule has 14 heteroatoms. The monoisotopic (exact) mass is 534 g/mol. The number of thiophene rings is 1. The number of hydrogen-bond acceptors (Lipinski definition) is 7. The third kappa shape index (κ3) is 5.22. The topological polar surface area (TPSA) is 153 Å². The van der Waals surface area contributed by atoms with E-state index in [-0.39, 0.29) is 21.0 Å². The van der Waals surface area contributed by atoms with E-state index in [0.717, 1.165) is 19.3 Å². The molecule has 2 aromatic rings. The molecule has 1 aliphatic carbocycles. The highest BCUT2D eigenvalue weighted by Gasteiger charge is 2.45. The van der Waals surface area contributed by atoms with Gasteiger partial charge in [0.2, 0.25) is 24.3 Å². The predicted molar refractivity (Wildman–Crippen MR) is 111 cm³/mol. The van der Waals surface area contributed by atoms with Crippen LogP contribution in [0.4, 0.5) is 8.78 Å². The van der Waals surface area contributed by atoms with Gasteiger partial charge in [0.05, 0.1) is 21.9 Å². The average Bonchev–Trinajstić information content (AvgIpc) is 2.89. The number of methoxy groups -OCH3 is 1. The Balaban J connectivity index is 0.000000313. The Morgan fingerprint density at radius 2 is 1.97 bits per heavy atom. The number of primary sulfonamides is 1. The van der Waals surface area contributed by atoms with E-state index in [1.54, 1.807) is 0 Å². The first-order valence-corrected chi connectivity index (χ1v) is 12.4. The van der Waals surface area contributed by atoms with Gasteiger partial charge in [-0.1, -0.05) is 6.42 Å². The first-order valence-electron chi connectivity index (χ1n) is 7.98. The summed E-state index contributed by atoms with van der Waals surface area (Å²) < 4.78 is 53.9. The summed E-state index contributed by atoms with van der Waals surface area (Å²) in [5, 5.41) is 4.88. The molecule has 0 unspecified atom stereocenters. The number of sulfonamides is 1. The maximum absolute atomic E-state index is 13.8. The van der Waals surface area contributed by atoms with Gasteiger partial charge in [-0.3, -0.25) is 4.79 Å². The molecule has 6 N–H and O–H groups in total. The van der Waals surface area contributed by atoms with Crippen molar-refractivity contribution < 1.29 is 36.5 Å². The Morgan fingerprint density at radius 1 is 1.38 bits per heavy atom. The summed E-state index contributed by atoms with van der Waals surface area (Å²) in [6.07, 6.45) is 2.54. The van der Waals surface area contributed by atoms with Crippen LogP contribution >= 0.6 is 35.6 Å². The highest BCUT2D eigenvalue weighted by Crippen LogP contribution is 2.58. The third-order valence-corrected chi connectivity index (χ3v) is 8.89. The molecular formula is C15H18BrF2N2O6PS2. The van der Waals surface area contributed by atoms with Crippen molar-refractivity contribution in [3.05, 3.63) is 27.0 Å². The second kappa shape index (κ2) is 9.04. The summed E-state index contributed by atoms with van der Waals surface area (Å²) in [6, 6.07) is 2.69. The normalized spacial score (nSPS) is 15.0. The van der Waals surface area contributed by atoms with Crippen LogP contribution in [0.15, 0.2) is 16.6 Å². The third-order valence-electron chi connectivity index (χ3n) is 4.24. The first kappa shape index (κ1) is 24.3. The van der Waals surface area contributed by atoms with Gasteiger partial charge in [-0.15, -0.1) is 11.3 Å². The van der Waals surface area contributed by atoms with Crippen molar-refractivity contribution >= 4 is 61.7 Å². The molecule has 0 aliphatic heterocycles. The fraction of sp³-hybridized carbons (Fsp3) is 0.400. The van der Waals surface area contributed by atoms with E-state index in [4.69, 9.17) is 25.4 Å². The van der Waals surface area contributed by atoms with Crippen molar-refractivity contribution in [2.24, 2.45) is 10.9 Å². The molecule has 1 aromatic heterocycles. The predicted octanol–water partition coefficient (Wildman–Crippen LogP) is 2.94. The molecule has 3 rings (SSSR count). The Morgan fingerprint density at radius 3 is 2.31 bits per heavy atom. The van der Waals surface area contributed by atoms with E-state index in [9.17, 15) is 22.0 Å². The van der Waals surface area contributed by atoms with E-state index >= 15 is 0 Å². The highest BCUT2D eigenvalue weighted by atomic mass is 79.9. The zero-order valence-electron chi connectivity index (χ0n) is 14.9. The van der Waals surface area contributed by atoms with Crippen molar-refractivity contribution in [2.45, 2.75) is 30.2 Å². The minimum Gasteiger partial charge on any atom is -0.495 e. The lowest BCUT2D eigenvalue weighted by atomic mass is 10.0. The Hall–Kier alpha value is -0.950. The van der Waals surface area contributed by atoms with Crippen molar-refractivity contribution in [3.63, 3.8) is 0 Å². The molecule has 1 heterocycles. The summed E-state index contributed by atoms with van der Waals surface area (Å²) in [7, 11) is -5.33. The van der Waals surface area contributed by atoms with Crippen LogP contribution in [0.2, 0.25) is 0 Å². The SMILES string of the molecule is COc1cc(C(N)=O)cc2c(Br)c(C(F)(F)P(O)O)sc12.NS(=O)(=O)C1CCC1. The zero-order chi connectivity index (χ0) is 22.1. The number of carbonyl (C=O) groups excluding carboxylic acids is 1. The van der Waals surface area contributed by atoms with Crippen LogP contribution < -0.4 is 15.6 Å². The molecular weight excluding hydrogens is 517 g/mol. The van der Waals surface area contributed by atoms with Gasteiger partial charge in [-0.2, -0.15) is 8.78 Å². The van der Waals surface area contributed by atoms with Gasteiger partial charge in [-0.25, -0.2) is 13.6 Å². The number of alkyl halides is 2. The number of primary amides is 1. The van der Waals surface area contributed by atoms with Gasteiger partial charge in [0.15, 0.2) is 0 Å². The molecule has 29 heavy (non-hydrogen) atoms. The summed E-state index contributed by atoms with van der Waals surface area (Å²) in [5.74, 6) is -0.526. The molecule has 1 saturated carbocycles. The molecule has 0 atom stereocenters. The van der Waals surface area contributed by atoms with Gasteiger partial charge in [0, 0.05) is 15.4 Å². The minimum atomic E-state index is -3.80. The van der Waals surface area contributed by atoms with Crippen molar-refractivity contribution in [2.75, 3.05) is 7.11 Å². The van der Waals surface area contributed by atoms with Crippen LogP contribution in [0.5, 0.6) is 5.75 Å². The van der Waals surface area contributed by atoms with Gasteiger partial charge >= 0.3 is 5.66 Å².